The van der Waals surface area contributed by atoms with Gasteiger partial charge in [-0.25, -0.2) is 4.98 Å². The largest absolute Gasteiger partial charge is 0.299 e. The van der Waals surface area contributed by atoms with Gasteiger partial charge in [0, 0.05) is 24.8 Å². The first-order chi connectivity index (χ1) is 16.7. The second-order valence-electron chi connectivity index (χ2n) is 7.99. The number of hydrogen-bond donors (Lipinski definition) is 0. The molecule has 2 nitrogen and oxygen atoms in total. The molecule has 0 unspecified atom stereocenters. The minimum absolute atomic E-state index is 0.222. The zero-order valence-corrected chi connectivity index (χ0v) is 19.0. The van der Waals surface area contributed by atoms with Gasteiger partial charge in [0.25, 0.3) is 0 Å². The van der Waals surface area contributed by atoms with Crippen LogP contribution in [-0.2, 0) is 0 Å². The molecule has 0 spiro atoms. The molecule has 0 bridgehead atoms. The van der Waals surface area contributed by atoms with Crippen LogP contribution in [-0.4, -0.2) is 9.55 Å². The van der Waals surface area contributed by atoms with E-state index in [1.807, 2.05) is 87.9 Å². The van der Waals surface area contributed by atoms with Crippen molar-refractivity contribution in [3.8, 4) is 17.1 Å². The Morgan fingerprint density at radius 3 is 2.42 bits per heavy atom. The summed E-state index contributed by atoms with van der Waals surface area (Å²) in [5.41, 5.74) is 4.35. The van der Waals surface area contributed by atoms with E-state index in [0.29, 0.717) is 17.0 Å². The third-order valence-corrected chi connectivity index (χ3v) is 5.22. The first-order valence-electron chi connectivity index (χ1n) is 13.0. The maximum atomic E-state index is 8.78. The fourth-order valence-electron chi connectivity index (χ4n) is 3.63. The molecule has 160 valence electrons. The Morgan fingerprint density at radius 1 is 1.10 bits per heavy atom. The van der Waals surface area contributed by atoms with Gasteiger partial charge < -0.3 is 0 Å². The van der Waals surface area contributed by atoms with Gasteiger partial charge >= 0.3 is 0 Å². The van der Waals surface area contributed by atoms with Crippen molar-refractivity contribution in [2.24, 2.45) is 0 Å². The maximum absolute atomic E-state index is 8.78. The summed E-state index contributed by atoms with van der Waals surface area (Å²) in [6.07, 6.45) is 10.9. The summed E-state index contributed by atoms with van der Waals surface area (Å²) in [5.74, 6) is -1.23. The quantitative estimate of drug-likeness (QED) is 0.355. The molecule has 0 saturated heterocycles. The fraction of sp³-hybridized carbons (Fsp3) is 0.276. The molecular formula is C29H34N2. The average molecular weight is 416 g/mol. The van der Waals surface area contributed by atoms with Crippen LogP contribution in [0, 0.1) is 6.85 Å². The Morgan fingerprint density at radius 2 is 1.81 bits per heavy atom. The molecule has 0 aliphatic heterocycles. The average Bonchev–Trinajstić information content (AvgIpc) is 3.26. The van der Waals surface area contributed by atoms with Gasteiger partial charge in [-0.15, -0.1) is 0 Å². The second kappa shape index (κ2) is 9.78. The molecule has 0 saturated carbocycles. The molecule has 1 aromatic heterocycles. The van der Waals surface area contributed by atoms with Crippen LogP contribution < -0.4 is 0 Å². The number of imidazole rings is 1. The summed E-state index contributed by atoms with van der Waals surface area (Å²) >= 11 is 0. The highest BCUT2D eigenvalue weighted by atomic mass is 15.1. The third-order valence-electron chi connectivity index (χ3n) is 5.22. The van der Waals surface area contributed by atoms with Crippen LogP contribution in [0.3, 0.4) is 0 Å². The Kier molecular flexibility index (Phi) is 5.22. The predicted octanol–water partition coefficient (Wildman–Crippen LogP) is 8.24. The van der Waals surface area contributed by atoms with E-state index in [-0.39, 0.29) is 5.56 Å². The van der Waals surface area contributed by atoms with Crippen molar-refractivity contribution in [2.45, 2.75) is 53.3 Å². The zero-order valence-electron chi connectivity index (χ0n) is 24.0. The molecule has 0 aliphatic carbocycles. The Bertz CT molecular complexity index is 1280. The lowest BCUT2D eigenvalue weighted by Gasteiger charge is -2.22. The van der Waals surface area contributed by atoms with Crippen LogP contribution in [0.25, 0.3) is 22.6 Å². The summed E-state index contributed by atoms with van der Waals surface area (Å²) < 4.78 is 43.5. The molecule has 0 N–H and O–H groups in total. The van der Waals surface area contributed by atoms with Crippen molar-refractivity contribution in [3.05, 3.63) is 102 Å². The Hall–Kier alpha value is -3.13. The van der Waals surface area contributed by atoms with Crippen molar-refractivity contribution < 1.29 is 6.85 Å². The Labute approximate surface area is 194 Å². The normalized spacial score (nSPS) is 15.5. The highest BCUT2D eigenvalue weighted by Gasteiger charge is 2.19. The number of hydrogen-bond acceptors (Lipinski definition) is 1. The Balaban J connectivity index is 2.30. The molecule has 0 amide bonds. The van der Waals surface area contributed by atoms with E-state index in [4.69, 9.17) is 6.85 Å². The number of para-hydroxylation sites is 1. The molecule has 2 aromatic carbocycles. The van der Waals surface area contributed by atoms with E-state index < -0.39 is 18.6 Å². The summed E-state index contributed by atoms with van der Waals surface area (Å²) in [6, 6.07) is 10.9. The minimum Gasteiger partial charge on any atom is -0.299 e. The molecule has 0 radical (unpaired) electrons. The SMILES string of the molecule is [2H]C([2H])([2H])c1ccc(-c2nccn2-c2c(C([2H])(C)C)cccc2C([2H])(C)C)cc1C(=C)/C=C\C=C/C. The highest BCUT2D eigenvalue weighted by Crippen LogP contribution is 2.34. The monoisotopic (exact) mass is 415 g/mol. The third kappa shape index (κ3) is 4.80. The van der Waals surface area contributed by atoms with Gasteiger partial charge in [0.1, 0.15) is 5.82 Å². The van der Waals surface area contributed by atoms with Crippen LogP contribution in [0.15, 0.2) is 79.7 Å². The molecule has 31 heavy (non-hydrogen) atoms. The van der Waals surface area contributed by atoms with Crippen molar-refractivity contribution in [2.75, 3.05) is 0 Å². The van der Waals surface area contributed by atoms with E-state index >= 15 is 0 Å². The van der Waals surface area contributed by atoms with E-state index in [2.05, 4.69) is 11.6 Å². The van der Waals surface area contributed by atoms with Gasteiger partial charge in [-0.2, -0.15) is 0 Å². The van der Waals surface area contributed by atoms with Crippen LogP contribution in [0.1, 0.15) is 75.5 Å². The summed E-state index contributed by atoms with van der Waals surface area (Å²) in [5, 5.41) is 0. The lowest BCUT2D eigenvalue weighted by molar-refractivity contribution is 0.806. The van der Waals surface area contributed by atoms with Gasteiger partial charge in [-0.3, -0.25) is 4.57 Å². The van der Waals surface area contributed by atoms with Gasteiger partial charge in [0.2, 0.25) is 0 Å². The molecule has 3 aromatic rings. The van der Waals surface area contributed by atoms with Gasteiger partial charge in [0.05, 0.1) is 5.69 Å². The van der Waals surface area contributed by atoms with Crippen LogP contribution in [0.4, 0.5) is 0 Å². The number of aromatic nitrogens is 2. The minimum atomic E-state index is -2.30. The second-order valence-corrected chi connectivity index (χ2v) is 7.99. The molecule has 0 aliphatic rings. The van der Waals surface area contributed by atoms with Gasteiger partial charge in [-0.1, -0.05) is 88.9 Å². The van der Waals surface area contributed by atoms with Crippen LogP contribution >= 0.6 is 0 Å². The van der Waals surface area contributed by atoms with E-state index in [0.717, 1.165) is 22.4 Å². The van der Waals surface area contributed by atoms with Crippen LogP contribution in [0.5, 0.6) is 0 Å². The summed E-state index contributed by atoms with van der Waals surface area (Å²) in [4.78, 5) is 4.62. The molecule has 0 fully saturated rings. The first-order valence-corrected chi connectivity index (χ1v) is 10.5. The highest BCUT2D eigenvalue weighted by molar-refractivity contribution is 5.78. The van der Waals surface area contributed by atoms with Crippen LogP contribution in [0.2, 0.25) is 0 Å². The number of allylic oxidation sites excluding steroid dienone is 5. The molecule has 1 heterocycles. The molecule has 3 rings (SSSR count). The predicted molar refractivity (Wildman–Crippen MR) is 135 cm³/mol. The topological polar surface area (TPSA) is 17.8 Å². The lowest BCUT2D eigenvalue weighted by atomic mass is 9.92. The van der Waals surface area contributed by atoms with E-state index in [1.165, 1.54) is 0 Å². The zero-order chi connectivity index (χ0) is 26.9. The lowest BCUT2D eigenvalue weighted by Crippen LogP contribution is -2.08. The number of nitrogens with zero attached hydrogens (tertiary/aromatic N) is 2. The van der Waals surface area contributed by atoms with Crippen molar-refractivity contribution in [3.63, 3.8) is 0 Å². The number of aryl methyl sites for hydroxylation is 1. The van der Waals surface area contributed by atoms with Gasteiger partial charge in [-0.05, 0) is 59.5 Å². The van der Waals surface area contributed by atoms with E-state index in [9.17, 15) is 0 Å². The van der Waals surface area contributed by atoms with Crippen molar-refractivity contribution in [1.82, 2.24) is 9.55 Å². The fourth-order valence-corrected chi connectivity index (χ4v) is 3.63. The number of rotatable bonds is 7. The van der Waals surface area contributed by atoms with E-state index in [1.54, 1.807) is 24.4 Å². The van der Waals surface area contributed by atoms with Gasteiger partial charge in [0.15, 0.2) is 0 Å². The smallest absolute Gasteiger partial charge is 0.144 e. The molecule has 0 atom stereocenters. The maximum Gasteiger partial charge on any atom is 0.144 e. The standard InChI is InChI=1S/C29H34N2/c1-8-9-10-12-22(6)27-19-24(16-15-23(27)7)29-30-17-18-31(29)28-25(20(2)3)13-11-14-26(28)21(4)5/h8-21H,6H2,1-5,7H3/b9-8-,12-10-/i7D3,20D,21D. The molecular weight excluding hydrogens is 376 g/mol. The molecule has 2 heteroatoms. The van der Waals surface area contributed by atoms with Crippen molar-refractivity contribution in [1.29, 1.82) is 0 Å². The van der Waals surface area contributed by atoms with Crippen molar-refractivity contribution >= 4 is 5.57 Å². The first kappa shape index (κ1) is 16.5. The summed E-state index contributed by atoms with van der Waals surface area (Å²) in [7, 11) is 0. The summed E-state index contributed by atoms with van der Waals surface area (Å²) in [6.45, 7) is 11.0. The number of benzene rings is 2.